The van der Waals surface area contributed by atoms with Crippen molar-refractivity contribution in [3.05, 3.63) is 90.0 Å². The molecule has 0 amide bonds. The Labute approximate surface area is 205 Å². The van der Waals surface area contributed by atoms with Crippen molar-refractivity contribution in [2.24, 2.45) is 0 Å². The summed E-state index contributed by atoms with van der Waals surface area (Å²) in [7, 11) is -3.86. The maximum atomic E-state index is 13.5. The normalized spacial score (nSPS) is 19.5. The number of hydrogen-bond acceptors (Lipinski definition) is 4. The van der Waals surface area contributed by atoms with E-state index in [1.165, 1.54) is 6.42 Å². The van der Waals surface area contributed by atoms with Crippen molar-refractivity contribution in [1.29, 1.82) is 0 Å². The molecule has 0 spiro atoms. The van der Waals surface area contributed by atoms with E-state index >= 15 is 0 Å². The molecule has 1 aliphatic carbocycles. The Morgan fingerprint density at radius 2 is 1.43 bits per heavy atom. The second-order valence-corrected chi connectivity index (χ2v) is 11.1. The molecule has 1 unspecified atom stereocenters. The molecule has 4 aromatic rings. The summed E-state index contributed by atoms with van der Waals surface area (Å²) in [4.78, 5) is 0.230. The van der Waals surface area contributed by atoms with Gasteiger partial charge in [-0.3, -0.25) is 0 Å². The van der Waals surface area contributed by atoms with E-state index in [1.54, 1.807) is 12.1 Å². The third-order valence-corrected chi connectivity index (χ3v) is 8.66. The molecule has 0 bridgehead atoms. The Morgan fingerprint density at radius 3 is 2.23 bits per heavy atom. The first kappa shape index (κ1) is 22.1. The maximum Gasteiger partial charge on any atom is 0.242 e. The first-order chi connectivity index (χ1) is 17.0. The topological polar surface area (TPSA) is 75.6 Å². The summed E-state index contributed by atoms with van der Waals surface area (Å²) in [6.07, 6.45) is 5.62. The van der Waals surface area contributed by atoms with Gasteiger partial charge >= 0.3 is 0 Å². The summed E-state index contributed by atoms with van der Waals surface area (Å²) in [5.41, 5.74) is 2.75. The number of rotatable bonds is 3. The lowest BCUT2D eigenvalue weighted by atomic mass is 9.89. The highest BCUT2D eigenvalue weighted by Gasteiger charge is 2.33. The van der Waals surface area contributed by atoms with E-state index in [4.69, 9.17) is 4.74 Å². The predicted molar refractivity (Wildman–Crippen MR) is 137 cm³/mol. The molecule has 2 aliphatic rings. The minimum Gasteiger partial charge on any atom is -0.507 e. The Hall–Kier alpha value is -3.35. The minimum atomic E-state index is -3.86. The van der Waals surface area contributed by atoms with Crippen molar-refractivity contribution in [3.63, 3.8) is 0 Å². The van der Waals surface area contributed by atoms with Crippen molar-refractivity contribution in [1.82, 2.24) is 4.72 Å². The number of phenols is 1. The van der Waals surface area contributed by atoms with E-state index in [0.717, 1.165) is 42.2 Å². The zero-order valence-electron chi connectivity index (χ0n) is 19.3. The van der Waals surface area contributed by atoms with Crippen LogP contribution in [-0.2, 0) is 10.0 Å². The fourth-order valence-corrected chi connectivity index (χ4v) is 6.87. The zero-order chi connectivity index (χ0) is 24.0. The maximum absolute atomic E-state index is 13.5. The average molecular weight is 486 g/mol. The molecule has 1 atom stereocenters. The van der Waals surface area contributed by atoms with E-state index in [9.17, 15) is 13.5 Å². The van der Waals surface area contributed by atoms with Crippen molar-refractivity contribution in [3.8, 4) is 22.6 Å². The van der Waals surface area contributed by atoms with Gasteiger partial charge in [0.25, 0.3) is 0 Å². The molecule has 6 heteroatoms. The van der Waals surface area contributed by atoms with Gasteiger partial charge in [0.05, 0.1) is 17.0 Å². The van der Waals surface area contributed by atoms with E-state index in [-0.39, 0.29) is 16.7 Å². The molecular formula is C29H27NO4S. The summed E-state index contributed by atoms with van der Waals surface area (Å²) in [5.74, 6) is 0.740. The van der Waals surface area contributed by atoms with Crippen molar-refractivity contribution in [2.45, 2.75) is 49.1 Å². The van der Waals surface area contributed by atoms with Crippen molar-refractivity contribution >= 4 is 20.8 Å². The van der Waals surface area contributed by atoms with Crippen LogP contribution in [0, 0.1) is 0 Å². The number of benzene rings is 4. The molecule has 2 N–H and O–H groups in total. The van der Waals surface area contributed by atoms with Crippen LogP contribution in [0.4, 0.5) is 0 Å². The van der Waals surface area contributed by atoms with E-state index in [0.29, 0.717) is 22.3 Å². The van der Waals surface area contributed by atoms with Crippen LogP contribution in [0.25, 0.3) is 21.9 Å². The van der Waals surface area contributed by atoms with Gasteiger partial charge in [-0.15, -0.1) is 0 Å². The SMILES string of the molecule is O=S1(=O)NC(c2cc(OC3CCCCC3)c3ccccc3c2O)c2ccccc2-c2ccccc21. The molecule has 35 heavy (non-hydrogen) atoms. The average Bonchev–Trinajstić information content (AvgIpc) is 2.99. The highest BCUT2D eigenvalue weighted by molar-refractivity contribution is 7.89. The van der Waals surface area contributed by atoms with Gasteiger partial charge < -0.3 is 9.84 Å². The standard InChI is InChI=1S/C29H27NO4S/c31-29-24-16-7-5-13-21(24)26(34-19-10-2-1-3-11-19)18-25(29)28-23-15-6-4-12-20(23)22-14-8-9-17-27(22)35(32,33)30-28/h4-9,12-19,28,30-31H,1-3,10-11H2. The second-order valence-electron chi connectivity index (χ2n) is 9.37. The van der Waals surface area contributed by atoms with Crippen LogP contribution in [0.3, 0.4) is 0 Å². The summed E-state index contributed by atoms with van der Waals surface area (Å²) < 4.78 is 36.4. The number of aromatic hydroxyl groups is 1. The van der Waals surface area contributed by atoms with E-state index in [1.807, 2.05) is 66.7 Å². The van der Waals surface area contributed by atoms with Crippen molar-refractivity contribution < 1.29 is 18.3 Å². The molecule has 1 aliphatic heterocycles. The van der Waals surface area contributed by atoms with Gasteiger partial charge in [0.2, 0.25) is 10.0 Å². The number of ether oxygens (including phenoxy) is 1. The van der Waals surface area contributed by atoms with Gasteiger partial charge in [-0.2, -0.15) is 4.72 Å². The highest BCUT2D eigenvalue weighted by atomic mass is 32.2. The molecule has 0 radical (unpaired) electrons. The quantitative estimate of drug-likeness (QED) is 0.357. The van der Waals surface area contributed by atoms with Crippen LogP contribution in [-0.4, -0.2) is 19.6 Å². The third-order valence-electron chi connectivity index (χ3n) is 7.18. The lowest BCUT2D eigenvalue weighted by Crippen LogP contribution is -2.28. The van der Waals surface area contributed by atoms with Crippen LogP contribution >= 0.6 is 0 Å². The van der Waals surface area contributed by atoms with Crippen molar-refractivity contribution in [2.75, 3.05) is 0 Å². The Bertz CT molecular complexity index is 1520. The summed E-state index contributed by atoms with van der Waals surface area (Å²) in [5, 5.41) is 12.9. The molecule has 5 nitrogen and oxygen atoms in total. The van der Waals surface area contributed by atoms with Crippen LogP contribution < -0.4 is 9.46 Å². The van der Waals surface area contributed by atoms with Gasteiger partial charge in [0.15, 0.2) is 0 Å². The van der Waals surface area contributed by atoms with Crippen LogP contribution in [0.15, 0.2) is 83.8 Å². The summed E-state index contributed by atoms with van der Waals surface area (Å²) in [6.45, 7) is 0. The molecule has 0 saturated heterocycles. The van der Waals surface area contributed by atoms with Gasteiger partial charge in [-0.1, -0.05) is 73.2 Å². The van der Waals surface area contributed by atoms with Gasteiger partial charge in [0, 0.05) is 21.9 Å². The third kappa shape index (κ3) is 3.87. The number of fused-ring (bicyclic) bond motifs is 4. The molecule has 1 heterocycles. The zero-order valence-corrected chi connectivity index (χ0v) is 20.1. The van der Waals surface area contributed by atoms with E-state index in [2.05, 4.69) is 4.72 Å². The Kier molecular flexibility index (Phi) is 5.50. The summed E-state index contributed by atoms with van der Waals surface area (Å²) >= 11 is 0. The van der Waals surface area contributed by atoms with Gasteiger partial charge in [-0.05, 0) is 48.9 Å². The van der Waals surface area contributed by atoms with Crippen LogP contribution in [0.5, 0.6) is 11.5 Å². The monoisotopic (exact) mass is 485 g/mol. The molecular weight excluding hydrogens is 458 g/mol. The molecule has 0 aromatic heterocycles. The number of phenolic OH excluding ortho intramolecular Hbond substituents is 1. The highest BCUT2D eigenvalue weighted by Crippen LogP contribution is 2.45. The lowest BCUT2D eigenvalue weighted by molar-refractivity contribution is 0.157. The Balaban J connectivity index is 1.57. The van der Waals surface area contributed by atoms with Crippen LogP contribution in [0.2, 0.25) is 0 Å². The smallest absolute Gasteiger partial charge is 0.242 e. The van der Waals surface area contributed by atoms with Gasteiger partial charge in [0.1, 0.15) is 11.5 Å². The molecule has 1 fully saturated rings. The summed E-state index contributed by atoms with van der Waals surface area (Å²) in [6, 6.07) is 23.3. The number of hydrogen-bond donors (Lipinski definition) is 2. The Morgan fingerprint density at radius 1 is 0.771 bits per heavy atom. The largest absolute Gasteiger partial charge is 0.507 e. The fourth-order valence-electron chi connectivity index (χ4n) is 5.46. The minimum absolute atomic E-state index is 0.0602. The molecule has 1 saturated carbocycles. The fraction of sp³-hybridized carbons (Fsp3) is 0.241. The molecule has 4 aromatic carbocycles. The lowest BCUT2D eigenvalue weighted by Gasteiger charge is -2.26. The van der Waals surface area contributed by atoms with Crippen LogP contribution in [0.1, 0.15) is 49.3 Å². The molecule has 6 rings (SSSR count). The molecule has 178 valence electrons. The van der Waals surface area contributed by atoms with Gasteiger partial charge in [-0.25, -0.2) is 8.42 Å². The first-order valence-corrected chi connectivity index (χ1v) is 13.6. The number of sulfonamides is 1. The van der Waals surface area contributed by atoms with E-state index < -0.39 is 16.1 Å². The predicted octanol–water partition coefficient (Wildman–Crippen LogP) is 6.31. The number of nitrogens with one attached hydrogen (secondary N) is 1. The first-order valence-electron chi connectivity index (χ1n) is 12.1. The second kappa shape index (κ2) is 8.70.